The molecule has 2 atom stereocenters. The number of benzene rings is 1. The Morgan fingerprint density at radius 1 is 1.36 bits per heavy atom. The topological polar surface area (TPSA) is 50.1 Å². The van der Waals surface area contributed by atoms with Gasteiger partial charge in [0.05, 0.1) is 6.04 Å². The van der Waals surface area contributed by atoms with Gasteiger partial charge in [-0.1, -0.05) is 23.7 Å². The SMILES string of the molecule is NCC1CNNC1c1ccc(Cl)cc1. The second kappa shape index (κ2) is 4.28. The van der Waals surface area contributed by atoms with E-state index in [0.29, 0.717) is 18.5 Å². The summed E-state index contributed by atoms with van der Waals surface area (Å²) in [5.74, 6) is 0.455. The summed E-state index contributed by atoms with van der Waals surface area (Å²) in [7, 11) is 0. The van der Waals surface area contributed by atoms with Gasteiger partial charge < -0.3 is 5.73 Å². The zero-order valence-corrected chi connectivity index (χ0v) is 8.59. The molecular weight excluding hydrogens is 198 g/mol. The molecule has 1 heterocycles. The second-order valence-corrected chi connectivity index (χ2v) is 3.99. The van der Waals surface area contributed by atoms with Crippen molar-refractivity contribution in [2.24, 2.45) is 11.7 Å². The van der Waals surface area contributed by atoms with Crippen LogP contribution in [0, 0.1) is 5.92 Å². The molecule has 4 N–H and O–H groups in total. The maximum absolute atomic E-state index is 5.83. The summed E-state index contributed by atoms with van der Waals surface area (Å²) in [5, 5.41) is 0.768. The average Bonchev–Trinajstić information content (AvgIpc) is 2.67. The van der Waals surface area contributed by atoms with E-state index in [1.54, 1.807) is 0 Å². The van der Waals surface area contributed by atoms with Crippen LogP contribution in [0.25, 0.3) is 0 Å². The molecule has 4 heteroatoms. The Morgan fingerprint density at radius 2 is 2.07 bits per heavy atom. The first kappa shape index (κ1) is 9.93. The molecule has 0 amide bonds. The van der Waals surface area contributed by atoms with Gasteiger partial charge in [-0.3, -0.25) is 5.43 Å². The predicted molar refractivity (Wildman–Crippen MR) is 57.9 cm³/mol. The van der Waals surface area contributed by atoms with E-state index in [9.17, 15) is 0 Å². The Morgan fingerprint density at radius 3 is 2.71 bits per heavy atom. The number of nitrogens with one attached hydrogen (secondary N) is 2. The molecule has 1 aliphatic rings. The summed E-state index contributed by atoms with van der Waals surface area (Å²) in [6, 6.07) is 8.19. The van der Waals surface area contributed by atoms with Crippen LogP contribution in [0.3, 0.4) is 0 Å². The van der Waals surface area contributed by atoms with Crippen molar-refractivity contribution in [2.75, 3.05) is 13.1 Å². The Kier molecular flexibility index (Phi) is 3.03. The van der Waals surface area contributed by atoms with Gasteiger partial charge in [0.25, 0.3) is 0 Å². The molecule has 2 rings (SSSR count). The molecule has 0 aliphatic carbocycles. The van der Waals surface area contributed by atoms with Crippen LogP contribution < -0.4 is 16.6 Å². The Balaban J connectivity index is 2.17. The lowest BCUT2D eigenvalue weighted by Crippen LogP contribution is -2.26. The van der Waals surface area contributed by atoms with Gasteiger partial charge in [0.1, 0.15) is 0 Å². The molecule has 76 valence electrons. The highest BCUT2D eigenvalue weighted by Crippen LogP contribution is 2.24. The first-order valence-corrected chi connectivity index (χ1v) is 5.13. The monoisotopic (exact) mass is 211 g/mol. The van der Waals surface area contributed by atoms with Gasteiger partial charge >= 0.3 is 0 Å². The summed E-state index contributed by atoms with van der Waals surface area (Å²) in [4.78, 5) is 0. The standard InChI is InChI=1S/C10H14ClN3/c11-9-3-1-7(2-4-9)10-8(5-12)6-13-14-10/h1-4,8,10,13-14H,5-6,12H2. The van der Waals surface area contributed by atoms with Crippen LogP contribution in [0.4, 0.5) is 0 Å². The fraction of sp³-hybridized carbons (Fsp3) is 0.400. The molecule has 0 radical (unpaired) electrons. The quantitative estimate of drug-likeness (QED) is 0.686. The van der Waals surface area contributed by atoms with Crippen LogP contribution in [0.1, 0.15) is 11.6 Å². The fourth-order valence-corrected chi connectivity index (χ4v) is 1.91. The number of halogens is 1. The zero-order chi connectivity index (χ0) is 9.97. The fourth-order valence-electron chi connectivity index (χ4n) is 1.78. The highest BCUT2D eigenvalue weighted by Gasteiger charge is 2.26. The number of nitrogens with two attached hydrogens (primary N) is 1. The van der Waals surface area contributed by atoms with E-state index in [0.717, 1.165) is 11.6 Å². The third kappa shape index (κ3) is 1.91. The Labute approximate surface area is 88.6 Å². The Bertz CT molecular complexity index is 299. The lowest BCUT2D eigenvalue weighted by atomic mass is 9.95. The summed E-state index contributed by atoms with van der Waals surface area (Å²) in [6.45, 7) is 1.61. The number of hydrogen-bond donors (Lipinski definition) is 3. The molecule has 0 saturated carbocycles. The third-order valence-corrected chi connectivity index (χ3v) is 2.88. The van der Waals surface area contributed by atoms with Crippen molar-refractivity contribution in [3.63, 3.8) is 0 Å². The lowest BCUT2D eigenvalue weighted by Gasteiger charge is -2.16. The van der Waals surface area contributed by atoms with E-state index >= 15 is 0 Å². The molecule has 2 unspecified atom stereocenters. The van der Waals surface area contributed by atoms with E-state index in [1.807, 2.05) is 24.3 Å². The molecule has 1 aromatic rings. The first-order valence-electron chi connectivity index (χ1n) is 4.75. The molecular formula is C10H14ClN3. The minimum Gasteiger partial charge on any atom is -0.330 e. The maximum Gasteiger partial charge on any atom is 0.0515 e. The van der Waals surface area contributed by atoms with Crippen molar-refractivity contribution < 1.29 is 0 Å². The van der Waals surface area contributed by atoms with Crippen LogP contribution >= 0.6 is 11.6 Å². The van der Waals surface area contributed by atoms with Crippen molar-refractivity contribution in [1.29, 1.82) is 0 Å². The first-order chi connectivity index (χ1) is 6.81. The molecule has 1 fully saturated rings. The number of rotatable bonds is 2. The highest BCUT2D eigenvalue weighted by molar-refractivity contribution is 6.30. The van der Waals surface area contributed by atoms with E-state index in [-0.39, 0.29) is 0 Å². The molecule has 0 bridgehead atoms. The number of hydrogen-bond acceptors (Lipinski definition) is 3. The van der Waals surface area contributed by atoms with E-state index in [2.05, 4.69) is 10.9 Å². The van der Waals surface area contributed by atoms with Gasteiger partial charge in [-0.05, 0) is 24.2 Å². The van der Waals surface area contributed by atoms with Gasteiger partial charge in [0.15, 0.2) is 0 Å². The third-order valence-electron chi connectivity index (χ3n) is 2.63. The molecule has 1 aromatic carbocycles. The predicted octanol–water partition coefficient (Wildman–Crippen LogP) is 1.06. The van der Waals surface area contributed by atoms with Crippen molar-refractivity contribution in [3.05, 3.63) is 34.9 Å². The van der Waals surface area contributed by atoms with E-state index < -0.39 is 0 Å². The van der Waals surface area contributed by atoms with Crippen molar-refractivity contribution in [3.8, 4) is 0 Å². The summed E-state index contributed by atoms with van der Waals surface area (Å²) >= 11 is 5.83. The van der Waals surface area contributed by atoms with Crippen molar-refractivity contribution >= 4 is 11.6 Å². The molecule has 3 nitrogen and oxygen atoms in total. The molecule has 0 spiro atoms. The van der Waals surface area contributed by atoms with Gasteiger partial charge in [-0.15, -0.1) is 0 Å². The number of hydrazine groups is 1. The van der Waals surface area contributed by atoms with Crippen molar-refractivity contribution in [1.82, 2.24) is 10.9 Å². The summed E-state index contributed by atoms with van der Waals surface area (Å²) in [5.41, 5.74) is 13.3. The molecule has 1 saturated heterocycles. The molecule has 14 heavy (non-hydrogen) atoms. The minimum atomic E-state index is 0.303. The van der Waals surface area contributed by atoms with Gasteiger partial charge in [-0.25, -0.2) is 5.43 Å². The summed E-state index contributed by atoms with van der Waals surface area (Å²) < 4.78 is 0. The molecule has 1 aliphatic heterocycles. The lowest BCUT2D eigenvalue weighted by molar-refractivity contribution is 0.483. The van der Waals surface area contributed by atoms with Crippen LogP contribution in [0.15, 0.2) is 24.3 Å². The van der Waals surface area contributed by atoms with Crippen molar-refractivity contribution in [2.45, 2.75) is 6.04 Å². The van der Waals surface area contributed by atoms with Gasteiger partial charge in [0, 0.05) is 17.5 Å². The smallest absolute Gasteiger partial charge is 0.0515 e. The highest BCUT2D eigenvalue weighted by atomic mass is 35.5. The normalized spacial score (nSPS) is 26.7. The maximum atomic E-state index is 5.83. The van der Waals surface area contributed by atoms with E-state index in [1.165, 1.54) is 5.56 Å². The van der Waals surface area contributed by atoms with Crippen LogP contribution in [0.2, 0.25) is 5.02 Å². The van der Waals surface area contributed by atoms with Crippen LogP contribution in [-0.4, -0.2) is 13.1 Å². The van der Waals surface area contributed by atoms with Crippen LogP contribution in [0.5, 0.6) is 0 Å². The summed E-state index contributed by atoms with van der Waals surface area (Å²) in [6.07, 6.45) is 0. The van der Waals surface area contributed by atoms with E-state index in [4.69, 9.17) is 17.3 Å². The zero-order valence-electron chi connectivity index (χ0n) is 7.83. The largest absolute Gasteiger partial charge is 0.330 e. The van der Waals surface area contributed by atoms with Crippen LogP contribution in [-0.2, 0) is 0 Å². The van der Waals surface area contributed by atoms with Gasteiger partial charge in [-0.2, -0.15) is 0 Å². The van der Waals surface area contributed by atoms with Gasteiger partial charge in [0.2, 0.25) is 0 Å². The molecule has 0 aromatic heterocycles. The minimum absolute atomic E-state index is 0.303. The average molecular weight is 212 g/mol. The second-order valence-electron chi connectivity index (χ2n) is 3.55. The Hall–Kier alpha value is -0.610.